The third-order valence-corrected chi connectivity index (χ3v) is 4.64. The van der Waals surface area contributed by atoms with Crippen LogP contribution in [0.2, 0.25) is 0 Å². The number of hydrogen-bond donors (Lipinski definition) is 0. The molecule has 0 aromatic rings. The van der Waals surface area contributed by atoms with Gasteiger partial charge in [0.1, 0.15) is 0 Å². The van der Waals surface area contributed by atoms with Gasteiger partial charge in [-0.1, -0.05) is 0 Å². The quantitative estimate of drug-likeness (QED) is 0.736. The van der Waals surface area contributed by atoms with E-state index in [1.54, 1.807) is 0 Å². The van der Waals surface area contributed by atoms with Crippen LogP contribution in [0.3, 0.4) is 0 Å². The number of carbonyl (C=O) groups excluding carboxylic acids is 1. The van der Waals surface area contributed by atoms with E-state index in [0.29, 0.717) is 18.4 Å². The highest BCUT2D eigenvalue weighted by molar-refractivity contribution is 5.76. The van der Waals surface area contributed by atoms with Crippen LogP contribution >= 0.6 is 0 Å². The molecular weight excluding hydrogens is 252 g/mol. The summed E-state index contributed by atoms with van der Waals surface area (Å²) in [6, 6.07) is 0.595. The molecule has 0 aromatic carbocycles. The predicted molar refractivity (Wildman–Crippen MR) is 81.8 cm³/mol. The van der Waals surface area contributed by atoms with Crippen molar-refractivity contribution in [3.63, 3.8) is 0 Å². The van der Waals surface area contributed by atoms with E-state index in [1.807, 2.05) is 0 Å². The van der Waals surface area contributed by atoms with Crippen LogP contribution in [-0.2, 0) is 4.79 Å². The molecular formula is C15H30N4O. The molecule has 5 heteroatoms. The van der Waals surface area contributed by atoms with Crippen molar-refractivity contribution in [2.75, 3.05) is 66.0 Å². The number of rotatable bonds is 4. The molecule has 2 saturated heterocycles. The Bertz CT molecular complexity index is 305. The smallest absolute Gasteiger partial charge is 0.223 e. The summed E-state index contributed by atoms with van der Waals surface area (Å²) in [6.45, 7) is 13.7. The first-order chi connectivity index (χ1) is 9.56. The Kier molecular flexibility index (Phi) is 5.81. The van der Waals surface area contributed by atoms with E-state index in [2.05, 4.69) is 40.5 Å². The van der Waals surface area contributed by atoms with Crippen molar-refractivity contribution >= 4 is 5.91 Å². The second-order valence-corrected chi connectivity index (χ2v) is 6.41. The van der Waals surface area contributed by atoms with Gasteiger partial charge in [-0.3, -0.25) is 9.69 Å². The molecule has 2 fully saturated rings. The highest BCUT2D eigenvalue weighted by Gasteiger charge is 2.23. The van der Waals surface area contributed by atoms with Crippen LogP contribution in [-0.4, -0.2) is 97.5 Å². The Labute approximate surface area is 123 Å². The Morgan fingerprint density at radius 3 is 2.10 bits per heavy atom. The molecule has 0 aliphatic carbocycles. The minimum Gasteiger partial charge on any atom is -0.340 e. The lowest BCUT2D eigenvalue weighted by Crippen LogP contribution is -2.51. The van der Waals surface area contributed by atoms with Crippen molar-refractivity contribution in [2.45, 2.75) is 26.3 Å². The van der Waals surface area contributed by atoms with Gasteiger partial charge in [-0.15, -0.1) is 0 Å². The van der Waals surface area contributed by atoms with Gasteiger partial charge in [0.15, 0.2) is 0 Å². The molecule has 2 aliphatic rings. The molecule has 2 aliphatic heterocycles. The number of amides is 1. The average Bonchev–Trinajstić information content (AvgIpc) is 2.46. The average molecular weight is 282 g/mol. The van der Waals surface area contributed by atoms with Crippen molar-refractivity contribution < 1.29 is 4.79 Å². The molecule has 5 nitrogen and oxygen atoms in total. The summed E-state index contributed by atoms with van der Waals surface area (Å²) in [4.78, 5) is 21.5. The topological polar surface area (TPSA) is 30.0 Å². The van der Waals surface area contributed by atoms with Crippen molar-refractivity contribution in [2.24, 2.45) is 0 Å². The zero-order chi connectivity index (χ0) is 14.5. The Morgan fingerprint density at radius 2 is 1.55 bits per heavy atom. The summed E-state index contributed by atoms with van der Waals surface area (Å²) in [7, 11) is 2.16. The van der Waals surface area contributed by atoms with E-state index in [-0.39, 0.29) is 0 Å². The van der Waals surface area contributed by atoms with Gasteiger partial charge in [0.25, 0.3) is 0 Å². The highest BCUT2D eigenvalue weighted by Crippen LogP contribution is 2.08. The summed E-state index contributed by atoms with van der Waals surface area (Å²) >= 11 is 0. The highest BCUT2D eigenvalue weighted by atomic mass is 16.2. The van der Waals surface area contributed by atoms with Gasteiger partial charge in [-0.25, -0.2) is 0 Å². The van der Waals surface area contributed by atoms with Crippen LogP contribution in [0.1, 0.15) is 20.3 Å². The zero-order valence-corrected chi connectivity index (χ0v) is 13.3. The normalized spacial score (nSPS) is 23.5. The molecule has 20 heavy (non-hydrogen) atoms. The molecule has 0 spiro atoms. The molecule has 1 amide bonds. The van der Waals surface area contributed by atoms with Gasteiger partial charge in [0.2, 0.25) is 5.91 Å². The monoisotopic (exact) mass is 282 g/mol. The molecule has 0 bridgehead atoms. The minimum absolute atomic E-state index is 0.340. The molecule has 116 valence electrons. The van der Waals surface area contributed by atoms with E-state index >= 15 is 0 Å². The van der Waals surface area contributed by atoms with Crippen LogP contribution in [0.4, 0.5) is 0 Å². The van der Waals surface area contributed by atoms with Crippen LogP contribution in [0.25, 0.3) is 0 Å². The summed E-state index contributed by atoms with van der Waals surface area (Å²) in [5, 5.41) is 0. The summed E-state index contributed by atoms with van der Waals surface area (Å²) in [5.41, 5.74) is 0. The van der Waals surface area contributed by atoms with Gasteiger partial charge >= 0.3 is 0 Å². The summed E-state index contributed by atoms with van der Waals surface area (Å²) < 4.78 is 0. The van der Waals surface area contributed by atoms with E-state index in [0.717, 1.165) is 58.9 Å². The maximum atomic E-state index is 12.3. The molecule has 0 N–H and O–H groups in total. The second-order valence-electron chi connectivity index (χ2n) is 6.41. The number of carbonyl (C=O) groups is 1. The lowest BCUT2D eigenvalue weighted by atomic mass is 10.2. The standard InChI is InChI=1S/C15H30N4O/c1-14(2)18-10-12-19(13-11-18)15(20)4-5-17-8-6-16(3)7-9-17/h14H,4-13H2,1-3H3. The minimum atomic E-state index is 0.340. The fourth-order valence-corrected chi connectivity index (χ4v) is 2.97. The maximum Gasteiger partial charge on any atom is 0.223 e. The molecule has 0 radical (unpaired) electrons. The van der Waals surface area contributed by atoms with E-state index in [1.165, 1.54) is 0 Å². The molecule has 2 rings (SSSR count). The lowest BCUT2D eigenvalue weighted by Gasteiger charge is -2.37. The molecule has 0 atom stereocenters. The van der Waals surface area contributed by atoms with Crippen molar-refractivity contribution in [1.82, 2.24) is 19.6 Å². The first-order valence-corrected chi connectivity index (χ1v) is 7.99. The van der Waals surface area contributed by atoms with Crippen LogP contribution in [0, 0.1) is 0 Å². The first kappa shape index (κ1) is 15.7. The van der Waals surface area contributed by atoms with Gasteiger partial charge < -0.3 is 14.7 Å². The van der Waals surface area contributed by atoms with Gasteiger partial charge in [0.05, 0.1) is 0 Å². The van der Waals surface area contributed by atoms with Gasteiger partial charge in [-0.05, 0) is 20.9 Å². The first-order valence-electron chi connectivity index (χ1n) is 7.99. The fraction of sp³-hybridized carbons (Fsp3) is 0.933. The van der Waals surface area contributed by atoms with Crippen molar-refractivity contribution in [1.29, 1.82) is 0 Å². The van der Waals surface area contributed by atoms with Crippen molar-refractivity contribution in [3.8, 4) is 0 Å². The predicted octanol–water partition coefficient (Wildman–Crippen LogP) is 0.177. The second kappa shape index (κ2) is 7.38. The number of likely N-dealkylation sites (N-methyl/N-ethyl adjacent to an activating group) is 1. The van der Waals surface area contributed by atoms with Crippen LogP contribution in [0.5, 0.6) is 0 Å². The third kappa shape index (κ3) is 4.43. The van der Waals surface area contributed by atoms with Gasteiger partial charge in [0, 0.05) is 71.4 Å². The molecule has 0 unspecified atom stereocenters. The Balaban J connectivity index is 1.65. The number of piperazine rings is 2. The van der Waals surface area contributed by atoms with Gasteiger partial charge in [-0.2, -0.15) is 0 Å². The summed E-state index contributed by atoms with van der Waals surface area (Å²) in [6.07, 6.45) is 0.686. The van der Waals surface area contributed by atoms with E-state index < -0.39 is 0 Å². The maximum absolute atomic E-state index is 12.3. The molecule has 0 aromatic heterocycles. The zero-order valence-electron chi connectivity index (χ0n) is 13.3. The number of hydrogen-bond acceptors (Lipinski definition) is 4. The van der Waals surface area contributed by atoms with Crippen LogP contribution < -0.4 is 0 Å². The molecule has 0 saturated carbocycles. The summed E-state index contributed by atoms with van der Waals surface area (Å²) in [5.74, 6) is 0.340. The lowest BCUT2D eigenvalue weighted by molar-refractivity contribution is -0.133. The number of nitrogens with zero attached hydrogens (tertiary/aromatic N) is 4. The van der Waals surface area contributed by atoms with E-state index in [4.69, 9.17) is 0 Å². The van der Waals surface area contributed by atoms with Crippen molar-refractivity contribution in [3.05, 3.63) is 0 Å². The fourth-order valence-electron chi connectivity index (χ4n) is 2.97. The van der Waals surface area contributed by atoms with Crippen LogP contribution in [0.15, 0.2) is 0 Å². The largest absolute Gasteiger partial charge is 0.340 e. The molecule has 2 heterocycles. The Morgan fingerprint density at radius 1 is 0.950 bits per heavy atom. The Hall–Kier alpha value is -0.650. The van der Waals surface area contributed by atoms with E-state index in [9.17, 15) is 4.79 Å². The SMILES string of the molecule is CC(C)N1CCN(C(=O)CCN2CCN(C)CC2)CC1. The third-order valence-electron chi connectivity index (χ3n) is 4.64.